The molecule has 0 heterocycles. The molecule has 1 N–H and O–H groups in total. The zero-order valence-electron chi connectivity index (χ0n) is 11.1. The second-order valence-electron chi connectivity index (χ2n) is 4.45. The van der Waals surface area contributed by atoms with Crippen molar-refractivity contribution in [2.75, 3.05) is 0 Å². The van der Waals surface area contributed by atoms with Gasteiger partial charge in [-0.1, -0.05) is 40.0 Å². The predicted molar refractivity (Wildman–Crippen MR) is 65.7 cm³/mol. The van der Waals surface area contributed by atoms with Gasteiger partial charge in [-0.15, -0.1) is 0 Å². The van der Waals surface area contributed by atoms with Crippen LogP contribution < -0.4 is 0 Å². The Morgan fingerprint density at radius 2 is 1.76 bits per heavy atom. The van der Waals surface area contributed by atoms with Gasteiger partial charge in [-0.05, 0) is 19.3 Å². The van der Waals surface area contributed by atoms with Gasteiger partial charge in [0.05, 0.1) is 5.92 Å². The minimum atomic E-state index is -1.04. The maximum atomic E-state index is 11.6. The summed E-state index contributed by atoms with van der Waals surface area (Å²) in [6.45, 7) is 5.81. The second-order valence-corrected chi connectivity index (χ2v) is 4.45. The van der Waals surface area contributed by atoms with Gasteiger partial charge in [0.2, 0.25) is 0 Å². The number of carboxylic acids is 1. The number of unbranched alkanes of at least 4 members (excludes halogenated alkanes) is 2. The number of aliphatic carboxylic acids is 1. The molecule has 2 atom stereocenters. The van der Waals surface area contributed by atoms with E-state index in [0.29, 0.717) is 6.42 Å². The van der Waals surface area contributed by atoms with Gasteiger partial charge in [0.15, 0.2) is 6.10 Å². The Balaban J connectivity index is 4.15. The largest absolute Gasteiger partial charge is 0.479 e. The molecule has 0 aliphatic carbocycles. The van der Waals surface area contributed by atoms with Gasteiger partial charge in [-0.25, -0.2) is 4.79 Å². The van der Waals surface area contributed by atoms with Crippen LogP contribution >= 0.6 is 0 Å². The number of esters is 1. The fraction of sp³-hybridized carbons (Fsp3) is 0.846. The van der Waals surface area contributed by atoms with Crippen LogP contribution in [0.25, 0.3) is 0 Å². The SMILES string of the molecule is CCCCCC(OC(=O)C(C)CCC)C(=O)O. The Labute approximate surface area is 103 Å². The number of hydrogen-bond donors (Lipinski definition) is 1. The Morgan fingerprint density at radius 3 is 2.24 bits per heavy atom. The monoisotopic (exact) mass is 244 g/mol. The first kappa shape index (κ1) is 15.9. The highest BCUT2D eigenvalue weighted by Crippen LogP contribution is 2.13. The number of carbonyl (C=O) groups excluding carboxylic acids is 1. The van der Waals surface area contributed by atoms with Crippen LogP contribution in [0, 0.1) is 5.92 Å². The van der Waals surface area contributed by atoms with E-state index in [4.69, 9.17) is 9.84 Å². The Kier molecular flexibility index (Phi) is 8.46. The third-order valence-corrected chi connectivity index (χ3v) is 2.73. The zero-order chi connectivity index (χ0) is 13.3. The molecule has 0 saturated heterocycles. The van der Waals surface area contributed by atoms with Gasteiger partial charge in [0.1, 0.15) is 0 Å². The summed E-state index contributed by atoms with van der Waals surface area (Å²) in [6, 6.07) is 0. The smallest absolute Gasteiger partial charge is 0.345 e. The standard InChI is InChI=1S/C13H24O4/c1-4-6-7-9-11(12(14)15)17-13(16)10(3)8-5-2/h10-11H,4-9H2,1-3H3,(H,14,15). The Hall–Kier alpha value is -1.06. The molecule has 0 spiro atoms. The van der Waals surface area contributed by atoms with E-state index in [1.165, 1.54) is 0 Å². The van der Waals surface area contributed by atoms with Crippen molar-refractivity contribution < 1.29 is 19.4 Å². The summed E-state index contributed by atoms with van der Waals surface area (Å²) in [6.07, 6.45) is 3.83. The molecule has 17 heavy (non-hydrogen) atoms. The molecule has 0 amide bonds. The highest BCUT2D eigenvalue weighted by Gasteiger charge is 2.24. The van der Waals surface area contributed by atoms with Gasteiger partial charge in [0.25, 0.3) is 0 Å². The van der Waals surface area contributed by atoms with Crippen LogP contribution in [-0.4, -0.2) is 23.1 Å². The van der Waals surface area contributed by atoms with Crippen LogP contribution in [0.5, 0.6) is 0 Å². The molecule has 4 nitrogen and oxygen atoms in total. The fourth-order valence-corrected chi connectivity index (χ4v) is 1.62. The minimum absolute atomic E-state index is 0.215. The average molecular weight is 244 g/mol. The Morgan fingerprint density at radius 1 is 1.12 bits per heavy atom. The summed E-state index contributed by atoms with van der Waals surface area (Å²) in [7, 11) is 0. The topological polar surface area (TPSA) is 63.6 Å². The van der Waals surface area contributed by atoms with Gasteiger partial charge in [0, 0.05) is 0 Å². The molecule has 2 unspecified atom stereocenters. The summed E-state index contributed by atoms with van der Waals surface area (Å²) < 4.78 is 5.03. The molecule has 0 bridgehead atoms. The third-order valence-electron chi connectivity index (χ3n) is 2.73. The maximum absolute atomic E-state index is 11.6. The molecule has 0 aliphatic heterocycles. The van der Waals surface area contributed by atoms with Crippen molar-refractivity contribution >= 4 is 11.9 Å². The van der Waals surface area contributed by atoms with E-state index in [0.717, 1.165) is 32.1 Å². The van der Waals surface area contributed by atoms with Crippen LogP contribution in [0.4, 0.5) is 0 Å². The van der Waals surface area contributed by atoms with Crippen LogP contribution in [0.3, 0.4) is 0 Å². The van der Waals surface area contributed by atoms with Gasteiger partial charge < -0.3 is 9.84 Å². The highest BCUT2D eigenvalue weighted by atomic mass is 16.6. The first-order valence-electron chi connectivity index (χ1n) is 6.46. The summed E-state index contributed by atoms with van der Waals surface area (Å²) in [5, 5.41) is 8.96. The van der Waals surface area contributed by atoms with Crippen molar-refractivity contribution in [3.63, 3.8) is 0 Å². The lowest BCUT2D eigenvalue weighted by molar-refractivity contribution is -0.167. The quantitative estimate of drug-likeness (QED) is 0.500. The molecule has 4 heteroatoms. The van der Waals surface area contributed by atoms with Crippen LogP contribution in [-0.2, 0) is 14.3 Å². The molecule has 0 radical (unpaired) electrons. The number of carbonyl (C=O) groups is 2. The molecular formula is C13H24O4. The minimum Gasteiger partial charge on any atom is -0.479 e. The molecule has 100 valence electrons. The summed E-state index contributed by atoms with van der Waals surface area (Å²) in [4.78, 5) is 22.5. The molecule has 0 aliphatic rings. The lowest BCUT2D eigenvalue weighted by atomic mass is 10.1. The maximum Gasteiger partial charge on any atom is 0.345 e. The van der Waals surface area contributed by atoms with E-state index in [2.05, 4.69) is 0 Å². The normalized spacial score (nSPS) is 14.1. The van der Waals surface area contributed by atoms with Gasteiger partial charge in [-0.2, -0.15) is 0 Å². The van der Waals surface area contributed by atoms with E-state index >= 15 is 0 Å². The predicted octanol–water partition coefficient (Wildman–Crippen LogP) is 3.00. The lowest BCUT2D eigenvalue weighted by Crippen LogP contribution is -2.29. The van der Waals surface area contributed by atoms with Gasteiger partial charge in [-0.3, -0.25) is 4.79 Å². The molecule has 0 aromatic rings. The summed E-state index contributed by atoms with van der Waals surface area (Å²) >= 11 is 0. The van der Waals surface area contributed by atoms with Crippen molar-refractivity contribution in [2.24, 2.45) is 5.92 Å². The van der Waals surface area contributed by atoms with E-state index in [-0.39, 0.29) is 5.92 Å². The first-order chi connectivity index (χ1) is 8.02. The number of ether oxygens (including phenoxy) is 1. The molecule has 0 rings (SSSR count). The number of hydrogen-bond acceptors (Lipinski definition) is 3. The fourth-order valence-electron chi connectivity index (χ4n) is 1.62. The van der Waals surface area contributed by atoms with Crippen LogP contribution in [0.1, 0.15) is 59.3 Å². The van der Waals surface area contributed by atoms with Crippen LogP contribution in [0.2, 0.25) is 0 Å². The van der Waals surface area contributed by atoms with E-state index in [1.54, 1.807) is 6.92 Å². The van der Waals surface area contributed by atoms with Crippen molar-refractivity contribution in [1.82, 2.24) is 0 Å². The molecule has 0 saturated carbocycles. The van der Waals surface area contributed by atoms with Crippen molar-refractivity contribution in [3.8, 4) is 0 Å². The van der Waals surface area contributed by atoms with E-state index < -0.39 is 18.0 Å². The highest BCUT2D eigenvalue weighted by molar-refractivity contribution is 5.78. The second kappa shape index (κ2) is 9.02. The van der Waals surface area contributed by atoms with Crippen molar-refractivity contribution in [2.45, 2.75) is 65.4 Å². The summed E-state index contributed by atoms with van der Waals surface area (Å²) in [5.41, 5.74) is 0. The van der Waals surface area contributed by atoms with E-state index in [1.807, 2.05) is 13.8 Å². The molecule has 0 aromatic carbocycles. The summed E-state index contributed by atoms with van der Waals surface area (Å²) in [5.74, 6) is -1.65. The van der Waals surface area contributed by atoms with Gasteiger partial charge >= 0.3 is 11.9 Å². The third kappa shape index (κ3) is 6.97. The lowest BCUT2D eigenvalue weighted by Gasteiger charge is -2.16. The average Bonchev–Trinajstić information content (AvgIpc) is 2.27. The molecule has 0 fully saturated rings. The first-order valence-corrected chi connectivity index (χ1v) is 6.46. The van der Waals surface area contributed by atoms with Crippen LogP contribution in [0.15, 0.2) is 0 Å². The van der Waals surface area contributed by atoms with E-state index in [9.17, 15) is 9.59 Å². The number of rotatable bonds is 9. The molecule has 0 aromatic heterocycles. The Bertz CT molecular complexity index is 238. The molecular weight excluding hydrogens is 220 g/mol. The number of carboxylic acid groups (broad SMARTS) is 1. The zero-order valence-corrected chi connectivity index (χ0v) is 11.1. The van der Waals surface area contributed by atoms with Crippen molar-refractivity contribution in [1.29, 1.82) is 0 Å². The van der Waals surface area contributed by atoms with Crippen molar-refractivity contribution in [3.05, 3.63) is 0 Å².